The molecule has 5 heteroatoms. The van der Waals surface area contributed by atoms with Crippen LogP contribution in [0.4, 0.5) is 0 Å². The van der Waals surface area contributed by atoms with Crippen molar-refractivity contribution in [3.8, 4) is 0 Å². The van der Waals surface area contributed by atoms with Crippen molar-refractivity contribution in [2.75, 3.05) is 26.9 Å². The summed E-state index contributed by atoms with van der Waals surface area (Å²) in [5.41, 5.74) is 4.95. The first-order valence-corrected chi connectivity index (χ1v) is 5.84. The van der Waals surface area contributed by atoms with Gasteiger partial charge >= 0.3 is 0 Å². The zero-order chi connectivity index (χ0) is 11.8. The van der Waals surface area contributed by atoms with Crippen molar-refractivity contribution < 1.29 is 14.3 Å². The van der Waals surface area contributed by atoms with E-state index in [-0.39, 0.29) is 6.61 Å². The fraction of sp³-hybridized carbons (Fsp3) is 0.909. The summed E-state index contributed by atoms with van der Waals surface area (Å²) in [5.74, 6) is -0.416. The van der Waals surface area contributed by atoms with Crippen molar-refractivity contribution in [2.24, 2.45) is 5.73 Å². The lowest BCUT2D eigenvalue weighted by Crippen LogP contribution is -2.37. The van der Waals surface area contributed by atoms with Gasteiger partial charge in [-0.25, -0.2) is 0 Å². The Balaban J connectivity index is 1.96. The van der Waals surface area contributed by atoms with Gasteiger partial charge in [-0.15, -0.1) is 0 Å². The summed E-state index contributed by atoms with van der Waals surface area (Å²) in [6.07, 6.45) is 4.97. The van der Waals surface area contributed by atoms with E-state index in [1.807, 2.05) is 0 Å². The molecule has 0 radical (unpaired) electrons. The molecule has 0 heterocycles. The first-order chi connectivity index (χ1) is 7.72. The number of hydrogen-bond acceptors (Lipinski definition) is 4. The van der Waals surface area contributed by atoms with Crippen LogP contribution in [0.3, 0.4) is 0 Å². The van der Waals surface area contributed by atoms with Crippen LogP contribution in [0.5, 0.6) is 0 Å². The Labute approximate surface area is 96.7 Å². The molecule has 94 valence electrons. The molecule has 0 aliphatic heterocycles. The minimum atomic E-state index is -0.416. The molecule has 0 aromatic rings. The van der Waals surface area contributed by atoms with E-state index in [0.29, 0.717) is 18.8 Å². The van der Waals surface area contributed by atoms with Gasteiger partial charge in [0.15, 0.2) is 0 Å². The molecule has 1 aliphatic carbocycles. The Morgan fingerprint density at radius 3 is 2.62 bits per heavy atom. The summed E-state index contributed by atoms with van der Waals surface area (Å²) in [7, 11) is 1.77. The highest BCUT2D eigenvalue weighted by molar-refractivity contribution is 5.74. The average Bonchev–Trinajstić information content (AvgIpc) is 2.29. The summed E-state index contributed by atoms with van der Waals surface area (Å²) in [4.78, 5) is 10.4. The number of nitrogens with two attached hydrogens (primary N) is 1. The van der Waals surface area contributed by atoms with Crippen LogP contribution in [-0.2, 0) is 14.3 Å². The second-order valence-corrected chi connectivity index (χ2v) is 4.18. The summed E-state index contributed by atoms with van der Waals surface area (Å²) in [6, 6.07) is 0.559. The third-order valence-corrected chi connectivity index (χ3v) is 2.93. The van der Waals surface area contributed by atoms with Crippen molar-refractivity contribution in [3.05, 3.63) is 0 Å². The lowest BCUT2D eigenvalue weighted by atomic mass is 9.93. The fourth-order valence-electron chi connectivity index (χ4n) is 2.01. The van der Waals surface area contributed by atoms with Crippen LogP contribution in [0.25, 0.3) is 0 Å². The zero-order valence-electron chi connectivity index (χ0n) is 9.91. The van der Waals surface area contributed by atoms with E-state index in [0.717, 1.165) is 32.2 Å². The summed E-state index contributed by atoms with van der Waals surface area (Å²) >= 11 is 0. The Bertz CT molecular complexity index is 203. The Kier molecular flexibility index (Phi) is 6.37. The molecule has 5 nitrogen and oxygen atoms in total. The van der Waals surface area contributed by atoms with E-state index in [9.17, 15) is 4.79 Å². The molecular formula is C11H22N2O3. The van der Waals surface area contributed by atoms with Crippen LogP contribution in [0, 0.1) is 0 Å². The van der Waals surface area contributed by atoms with Crippen LogP contribution >= 0.6 is 0 Å². The Morgan fingerprint density at radius 1 is 1.38 bits per heavy atom. The minimum Gasteiger partial charge on any atom is -0.381 e. The van der Waals surface area contributed by atoms with Gasteiger partial charge in [0, 0.05) is 19.7 Å². The van der Waals surface area contributed by atoms with Gasteiger partial charge in [0.05, 0.1) is 12.7 Å². The standard InChI is InChI=1S/C11H22N2O3/c1-15-10-4-2-9(3-5-10)13-6-7-16-8-11(12)14/h9-10,13H,2-8H2,1H3,(H2,12,14). The molecule has 16 heavy (non-hydrogen) atoms. The molecule has 0 aromatic heterocycles. The van der Waals surface area contributed by atoms with E-state index in [4.69, 9.17) is 15.2 Å². The maximum Gasteiger partial charge on any atom is 0.243 e. The first-order valence-electron chi connectivity index (χ1n) is 5.84. The van der Waals surface area contributed by atoms with Crippen molar-refractivity contribution >= 4 is 5.91 Å². The van der Waals surface area contributed by atoms with Gasteiger partial charge in [-0.3, -0.25) is 4.79 Å². The van der Waals surface area contributed by atoms with Gasteiger partial charge in [0.25, 0.3) is 0 Å². The third-order valence-electron chi connectivity index (χ3n) is 2.93. The van der Waals surface area contributed by atoms with Crippen LogP contribution < -0.4 is 11.1 Å². The number of ether oxygens (including phenoxy) is 2. The quantitative estimate of drug-likeness (QED) is 0.605. The van der Waals surface area contributed by atoms with Gasteiger partial charge in [-0.05, 0) is 25.7 Å². The predicted molar refractivity (Wildman–Crippen MR) is 61.1 cm³/mol. The molecule has 1 rings (SSSR count). The second kappa shape index (κ2) is 7.60. The molecule has 0 atom stereocenters. The van der Waals surface area contributed by atoms with Crippen LogP contribution in [0.1, 0.15) is 25.7 Å². The largest absolute Gasteiger partial charge is 0.381 e. The number of primary amides is 1. The minimum absolute atomic E-state index is 0.0120. The number of nitrogens with one attached hydrogen (secondary N) is 1. The van der Waals surface area contributed by atoms with Gasteiger partial charge in [-0.2, -0.15) is 0 Å². The van der Waals surface area contributed by atoms with Gasteiger partial charge in [-0.1, -0.05) is 0 Å². The molecule has 1 fully saturated rings. The van der Waals surface area contributed by atoms with Crippen LogP contribution in [0.15, 0.2) is 0 Å². The molecular weight excluding hydrogens is 208 g/mol. The third kappa shape index (κ3) is 5.44. The molecule has 1 amide bonds. The van der Waals surface area contributed by atoms with Crippen LogP contribution in [0.2, 0.25) is 0 Å². The fourth-order valence-corrected chi connectivity index (χ4v) is 2.01. The van der Waals surface area contributed by atoms with E-state index >= 15 is 0 Å². The summed E-state index contributed by atoms with van der Waals surface area (Å²) in [5, 5.41) is 3.41. The first kappa shape index (κ1) is 13.4. The molecule has 0 unspecified atom stereocenters. The van der Waals surface area contributed by atoms with E-state index in [1.165, 1.54) is 0 Å². The SMILES string of the molecule is COC1CCC(NCCOCC(N)=O)CC1. The predicted octanol–water partition coefficient (Wildman–Crippen LogP) is 0.0355. The topological polar surface area (TPSA) is 73.6 Å². The number of rotatable bonds is 7. The van der Waals surface area contributed by atoms with E-state index < -0.39 is 5.91 Å². The highest BCUT2D eigenvalue weighted by Crippen LogP contribution is 2.20. The Morgan fingerprint density at radius 2 is 2.06 bits per heavy atom. The van der Waals surface area contributed by atoms with Gasteiger partial charge < -0.3 is 20.5 Å². The normalized spacial score (nSPS) is 25.6. The smallest absolute Gasteiger partial charge is 0.243 e. The lowest BCUT2D eigenvalue weighted by molar-refractivity contribution is -0.122. The highest BCUT2D eigenvalue weighted by atomic mass is 16.5. The van der Waals surface area contributed by atoms with E-state index in [1.54, 1.807) is 7.11 Å². The van der Waals surface area contributed by atoms with Crippen LogP contribution in [-0.4, -0.2) is 44.9 Å². The molecule has 3 N–H and O–H groups in total. The molecule has 1 saturated carbocycles. The summed E-state index contributed by atoms with van der Waals surface area (Å²) in [6.45, 7) is 1.32. The Hall–Kier alpha value is -0.650. The highest BCUT2D eigenvalue weighted by Gasteiger charge is 2.19. The average molecular weight is 230 g/mol. The number of methoxy groups -OCH3 is 1. The maximum absolute atomic E-state index is 10.4. The lowest BCUT2D eigenvalue weighted by Gasteiger charge is -2.28. The van der Waals surface area contributed by atoms with Gasteiger partial charge in [0.1, 0.15) is 6.61 Å². The maximum atomic E-state index is 10.4. The van der Waals surface area contributed by atoms with Crippen molar-refractivity contribution in [3.63, 3.8) is 0 Å². The van der Waals surface area contributed by atoms with E-state index in [2.05, 4.69) is 5.32 Å². The van der Waals surface area contributed by atoms with Crippen molar-refractivity contribution in [1.82, 2.24) is 5.32 Å². The molecule has 0 saturated heterocycles. The van der Waals surface area contributed by atoms with Crippen molar-refractivity contribution in [2.45, 2.75) is 37.8 Å². The number of carbonyl (C=O) groups excluding carboxylic acids is 1. The summed E-state index contributed by atoms with van der Waals surface area (Å²) < 4.78 is 10.4. The second-order valence-electron chi connectivity index (χ2n) is 4.18. The molecule has 0 spiro atoms. The number of hydrogen-bond donors (Lipinski definition) is 2. The van der Waals surface area contributed by atoms with Gasteiger partial charge in [0.2, 0.25) is 5.91 Å². The molecule has 1 aliphatic rings. The number of amides is 1. The molecule has 0 aromatic carbocycles. The molecule has 0 bridgehead atoms. The van der Waals surface area contributed by atoms with Crippen molar-refractivity contribution in [1.29, 1.82) is 0 Å². The zero-order valence-corrected chi connectivity index (χ0v) is 9.91. The number of carbonyl (C=O) groups is 1. The monoisotopic (exact) mass is 230 g/mol.